The molecule has 0 atom stereocenters. The van der Waals surface area contributed by atoms with E-state index in [9.17, 15) is 13.4 Å². The first-order chi connectivity index (χ1) is 4.70. The second kappa shape index (κ2) is 2.70. The molecule has 0 aromatic heterocycles. The van der Waals surface area contributed by atoms with Crippen molar-refractivity contribution in [2.45, 2.75) is 0 Å². The largest absolute Gasteiger partial charge is 0.199 e. The molecule has 2 aliphatic rings. The number of halogens is 3. The second-order valence-electron chi connectivity index (χ2n) is 1.77. The van der Waals surface area contributed by atoms with Crippen molar-refractivity contribution in [1.82, 2.24) is 5.57 Å². The normalized spacial score (nSPS) is 10.4. The van der Waals surface area contributed by atoms with Gasteiger partial charge >= 0.3 is 0 Å². The maximum absolute atomic E-state index is 9.50. The van der Waals surface area contributed by atoms with Gasteiger partial charge in [-0.25, -0.2) is 0 Å². The molecule has 2 aliphatic carbocycles. The molecule has 0 amide bonds. The van der Waals surface area contributed by atoms with Gasteiger partial charge in [-0.05, 0) is 17.2 Å². The third-order valence-electron chi connectivity index (χ3n) is 1.11. The minimum absolute atomic E-state index is 1.43. The van der Waals surface area contributed by atoms with Gasteiger partial charge in [0.25, 0.3) is 0 Å². The Morgan fingerprint density at radius 2 is 1.40 bits per heavy atom. The van der Waals surface area contributed by atoms with E-state index >= 15 is 0 Å². The molecule has 0 saturated heterocycles. The van der Waals surface area contributed by atoms with Crippen LogP contribution in [-0.4, -0.2) is 5.57 Å². The van der Waals surface area contributed by atoms with E-state index in [2.05, 4.69) is 24.3 Å². The molecule has 0 bridgehead atoms. The van der Waals surface area contributed by atoms with E-state index in [0.717, 1.165) is 0 Å². The molecule has 0 saturated carbocycles. The lowest BCUT2D eigenvalue weighted by molar-refractivity contribution is -0.295. The summed E-state index contributed by atoms with van der Waals surface area (Å²) in [7, 11) is 0. The summed E-state index contributed by atoms with van der Waals surface area (Å²) in [6.07, 6.45) is 0. The average molecular weight is 147 g/mol. The van der Waals surface area contributed by atoms with Gasteiger partial charge in [-0.1, -0.05) is 31.6 Å². The van der Waals surface area contributed by atoms with Gasteiger partial charge in [-0.15, -0.1) is 0 Å². The topological polar surface area (TPSA) is 3.24 Å². The lowest BCUT2D eigenvalue weighted by atomic mass is 10.6. The first-order valence-corrected chi connectivity index (χ1v) is 2.58. The average Bonchev–Trinajstić information content (AvgIpc) is 2.40. The van der Waals surface area contributed by atoms with Gasteiger partial charge in [0.1, 0.15) is 0 Å². The van der Waals surface area contributed by atoms with Gasteiger partial charge in [0.05, 0.1) is 0 Å². The highest BCUT2D eigenvalue weighted by Crippen LogP contribution is 2.32. The number of fused-ring (bicyclic) bond motifs is 1. The fourth-order valence-corrected chi connectivity index (χ4v) is 0.676. The number of hydrogen-bond donors (Lipinski definition) is 0. The highest BCUT2D eigenvalue weighted by atomic mass is 19.5. The molecule has 0 aromatic carbocycles. The van der Waals surface area contributed by atoms with Gasteiger partial charge in [0, 0.05) is 0 Å². The Morgan fingerprint density at radius 1 is 1.00 bits per heavy atom. The van der Waals surface area contributed by atoms with Crippen LogP contribution in [0.4, 0.5) is 13.4 Å². The van der Waals surface area contributed by atoms with Crippen molar-refractivity contribution in [2.75, 3.05) is 0 Å². The molecule has 0 aliphatic heterocycles. The van der Waals surface area contributed by atoms with Crippen LogP contribution in [0.25, 0.3) is 11.1 Å². The van der Waals surface area contributed by atoms with Crippen molar-refractivity contribution < 1.29 is 13.4 Å². The van der Waals surface area contributed by atoms with Gasteiger partial charge in [-0.3, -0.25) is 0 Å². The van der Waals surface area contributed by atoms with Crippen molar-refractivity contribution in [2.24, 2.45) is 0 Å². The predicted octanol–water partition coefficient (Wildman–Crippen LogP) is 2.61. The quantitative estimate of drug-likeness (QED) is 0.517. The second-order valence-corrected chi connectivity index (χ2v) is 1.77. The Hall–Kier alpha value is -1.03. The molecule has 0 unspecified atom stereocenters. The Balaban J connectivity index is 0.000000112. The highest BCUT2D eigenvalue weighted by molar-refractivity contribution is 5.80. The molecule has 1 nitrogen and oxygen atoms in total. The minimum atomic E-state index is -2.50. The van der Waals surface area contributed by atoms with Crippen molar-refractivity contribution in [3.8, 4) is 11.1 Å². The zero-order valence-electron chi connectivity index (χ0n) is 4.89. The van der Waals surface area contributed by atoms with Gasteiger partial charge in [-0.2, -0.15) is 0 Å². The van der Waals surface area contributed by atoms with Crippen LogP contribution in [-0.2, 0) is 0 Å². The zero-order valence-corrected chi connectivity index (χ0v) is 4.89. The van der Waals surface area contributed by atoms with Crippen LogP contribution >= 0.6 is 0 Å². The summed E-state index contributed by atoms with van der Waals surface area (Å²) in [4.78, 5) is 0. The Labute approximate surface area is 55.5 Å². The Bertz CT molecular complexity index is 204. The summed E-state index contributed by atoms with van der Waals surface area (Å²) in [5.74, 6) is 0. The molecule has 10 heavy (non-hydrogen) atoms. The summed E-state index contributed by atoms with van der Waals surface area (Å²) >= 11 is 0. The van der Waals surface area contributed by atoms with Crippen molar-refractivity contribution in [3.05, 3.63) is 24.3 Å². The van der Waals surface area contributed by atoms with Gasteiger partial charge in [0.15, 0.2) is 5.57 Å². The molecule has 0 aromatic rings. The van der Waals surface area contributed by atoms with Crippen LogP contribution in [0.15, 0.2) is 24.3 Å². The molecular weight excluding hydrogens is 143 g/mol. The monoisotopic (exact) mass is 147 g/mol. The van der Waals surface area contributed by atoms with Gasteiger partial charge < -0.3 is 0 Å². The summed E-state index contributed by atoms with van der Waals surface area (Å²) in [5, 5.41) is 0. The van der Waals surface area contributed by atoms with E-state index in [4.69, 9.17) is 0 Å². The van der Waals surface area contributed by atoms with Crippen LogP contribution in [0, 0.1) is 0 Å². The SMILES string of the molecule is FN(F)F.c1cc2cc-2c1. The van der Waals surface area contributed by atoms with Crippen molar-refractivity contribution >= 4 is 0 Å². The lowest BCUT2D eigenvalue weighted by Crippen LogP contribution is -1.72. The third kappa shape index (κ3) is 2.06. The fraction of sp³-hybridized carbons (Fsp3) is 0. The van der Waals surface area contributed by atoms with Crippen LogP contribution < -0.4 is 0 Å². The molecule has 2 rings (SSSR count). The molecule has 0 fully saturated rings. The molecule has 4 heteroatoms. The molecule has 0 radical (unpaired) electrons. The van der Waals surface area contributed by atoms with E-state index in [1.807, 2.05) is 0 Å². The maximum Gasteiger partial charge on any atom is 0.199 e. The molecule has 0 N–H and O–H groups in total. The first-order valence-electron chi connectivity index (χ1n) is 2.58. The Morgan fingerprint density at radius 3 is 1.50 bits per heavy atom. The summed E-state index contributed by atoms with van der Waals surface area (Å²) in [6.45, 7) is 0. The van der Waals surface area contributed by atoms with E-state index in [1.165, 1.54) is 11.1 Å². The minimum Gasteiger partial charge on any atom is -0.0662 e. The predicted molar refractivity (Wildman–Crippen MR) is 30.6 cm³/mol. The summed E-state index contributed by atoms with van der Waals surface area (Å²) in [5.41, 5.74) is 0.352. The molecular formula is C6H4F3N. The molecule has 54 valence electrons. The number of rotatable bonds is 0. The Kier molecular flexibility index (Phi) is 1.91. The van der Waals surface area contributed by atoms with Crippen molar-refractivity contribution in [1.29, 1.82) is 0 Å². The highest BCUT2D eigenvalue weighted by Gasteiger charge is 2.06. The van der Waals surface area contributed by atoms with Crippen LogP contribution in [0.2, 0.25) is 0 Å². The standard InChI is InChI=1S/C6H4.F3N/c1-2-5-4-6(5)3-1;1-4(2)3/h1-4H;. The molecule has 0 spiro atoms. The van der Waals surface area contributed by atoms with Crippen LogP contribution in [0.1, 0.15) is 0 Å². The molecule has 0 heterocycles. The van der Waals surface area contributed by atoms with Crippen molar-refractivity contribution in [3.63, 3.8) is 0 Å². The fourth-order valence-electron chi connectivity index (χ4n) is 0.676. The van der Waals surface area contributed by atoms with E-state index in [-0.39, 0.29) is 0 Å². The van der Waals surface area contributed by atoms with Crippen LogP contribution in [0.5, 0.6) is 0 Å². The third-order valence-corrected chi connectivity index (χ3v) is 1.11. The van der Waals surface area contributed by atoms with E-state index in [1.54, 1.807) is 0 Å². The number of hydrogen-bond acceptors (Lipinski definition) is 1. The van der Waals surface area contributed by atoms with E-state index in [0.29, 0.717) is 0 Å². The van der Waals surface area contributed by atoms with Crippen LogP contribution in [0.3, 0.4) is 0 Å². The summed E-state index contributed by atoms with van der Waals surface area (Å²) < 4.78 is 28.5. The first kappa shape index (κ1) is 7.08. The summed E-state index contributed by atoms with van der Waals surface area (Å²) in [6, 6.07) is 8.48. The maximum atomic E-state index is 9.50. The van der Waals surface area contributed by atoms with E-state index < -0.39 is 5.57 Å². The number of nitrogens with zero attached hydrogens (tertiary/aromatic N) is 1. The zero-order chi connectivity index (χ0) is 7.56. The van der Waals surface area contributed by atoms with Gasteiger partial charge in [0.2, 0.25) is 0 Å². The lowest BCUT2D eigenvalue weighted by Gasteiger charge is -1.67. The number of benzene rings is 1. The smallest absolute Gasteiger partial charge is 0.0662 e.